The normalized spacial score (nSPS) is 11.2. The Morgan fingerprint density at radius 1 is 1.08 bits per heavy atom. The molecule has 0 aliphatic carbocycles. The van der Waals surface area contributed by atoms with E-state index in [1.807, 2.05) is 18.2 Å². The maximum absolute atomic E-state index is 13.5. The standard InChI is InChI=1S/C17H10ClFN4O/c18-9-14-20-13-8-11(19)6-7-12(13)16-21-17(24)15(22-23(14)16)10-4-2-1-3-5-10/h1-8H,9H2. The molecule has 7 heteroatoms. The summed E-state index contributed by atoms with van der Waals surface area (Å²) in [6.45, 7) is 0. The van der Waals surface area contributed by atoms with Crippen molar-refractivity contribution in [2.24, 2.45) is 0 Å². The summed E-state index contributed by atoms with van der Waals surface area (Å²) >= 11 is 5.96. The Kier molecular flexibility index (Phi) is 3.46. The van der Waals surface area contributed by atoms with Crippen molar-refractivity contribution in [1.29, 1.82) is 0 Å². The summed E-state index contributed by atoms with van der Waals surface area (Å²) in [5.41, 5.74) is 1.09. The van der Waals surface area contributed by atoms with E-state index in [0.717, 1.165) is 0 Å². The number of nitrogens with zero attached hydrogens (tertiary/aromatic N) is 4. The number of aromatic nitrogens is 4. The lowest BCUT2D eigenvalue weighted by Gasteiger charge is -2.09. The second-order valence-electron chi connectivity index (χ2n) is 5.19. The van der Waals surface area contributed by atoms with Gasteiger partial charge in [0.1, 0.15) is 11.6 Å². The second kappa shape index (κ2) is 5.65. The van der Waals surface area contributed by atoms with E-state index in [0.29, 0.717) is 27.9 Å². The van der Waals surface area contributed by atoms with Crippen LogP contribution in [0.15, 0.2) is 53.3 Å². The molecule has 0 saturated carbocycles. The predicted molar refractivity (Wildman–Crippen MR) is 89.5 cm³/mol. The van der Waals surface area contributed by atoms with E-state index in [1.54, 1.807) is 12.1 Å². The predicted octanol–water partition coefficient (Wildman–Crippen LogP) is 3.18. The van der Waals surface area contributed by atoms with Crippen LogP contribution in [0.3, 0.4) is 0 Å². The van der Waals surface area contributed by atoms with Crippen LogP contribution in [0.25, 0.3) is 27.8 Å². The first-order valence-electron chi connectivity index (χ1n) is 7.18. The Bertz CT molecular complexity index is 1130. The van der Waals surface area contributed by atoms with Gasteiger partial charge in [-0.25, -0.2) is 9.37 Å². The topological polar surface area (TPSA) is 60.2 Å². The minimum Gasteiger partial charge on any atom is -0.265 e. The monoisotopic (exact) mass is 340 g/mol. The molecule has 5 nitrogen and oxygen atoms in total. The third kappa shape index (κ3) is 2.32. The van der Waals surface area contributed by atoms with Crippen LogP contribution < -0.4 is 5.56 Å². The average molecular weight is 341 g/mol. The summed E-state index contributed by atoms with van der Waals surface area (Å²) in [7, 11) is 0. The molecule has 4 aromatic rings. The van der Waals surface area contributed by atoms with Crippen molar-refractivity contribution in [1.82, 2.24) is 19.6 Å². The fourth-order valence-electron chi connectivity index (χ4n) is 2.58. The maximum atomic E-state index is 13.5. The highest BCUT2D eigenvalue weighted by Crippen LogP contribution is 2.20. The van der Waals surface area contributed by atoms with Crippen molar-refractivity contribution in [3.05, 3.63) is 70.5 Å². The molecule has 2 heterocycles. The van der Waals surface area contributed by atoms with Gasteiger partial charge in [0.15, 0.2) is 11.3 Å². The zero-order valence-corrected chi connectivity index (χ0v) is 13.0. The first-order chi connectivity index (χ1) is 11.7. The Morgan fingerprint density at radius 3 is 2.62 bits per heavy atom. The van der Waals surface area contributed by atoms with Crippen molar-refractivity contribution in [2.45, 2.75) is 5.88 Å². The molecule has 0 atom stereocenters. The van der Waals surface area contributed by atoms with Crippen molar-refractivity contribution >= 4 is 28.2 Å². The van der Waals surface area contributed by atoms with E-state index in [1.165, 1.54) is 22.7 Å². The molecule has 0 unspecified atom stereocenters. The molecule has 0 fully saturated rings. The van der Waals surface area contributed by atoms with Gasteiger partial charge in [-0.3, -0.25) is 4.79 Å². The second-order valence-corrected chi connectivity index (χ2v) is 5.46. The third-order valence-electron chi connectivity index (χ3n) is 3.67. The van der Waals surface area contributed by atoms with Gasteiger partial charge < -0.3 is 0 Å². The van der Waals surface area contributed by atoms with Crippen molar-refractivity contribution in [2.75, 3.05) is 0 Å². The zero-order chi connectivity index (χ0) is 16.7. The fraction of sp³-hybridized carbons (Fsp3) is 0.0588. The summed E-state index contributed by atoms with van der Waals surface area (Å²) in [5, 5.41) is 4.93. The molecule has 0 bridgehead atoms. The van der Waals surface area contributed by atoms with E-state index in [9.17, 15) is 9.18 Å². The molecular weight excluding hydrogens is 331 g/mol. The van der Waals surface area contributed by atoms with Crippen LogP contribution >= 0.6 is 11.6 Å². The van der Waals surface area contributed by atoms with Gasteiger partial charge in [-0.15, -0.1) is 11.6 Å². The summed E-state index contributed by atoms with van der Waals surface area (Å²) in [6, 6.07) is 13.1. The van der Waals surface area contributed by atoms with E-state index in [2.05, 4.69) is 15.1 Å². The van der Waals surface area contributed by atoms with Gasteiger partial charge in [0.25, 0.3) is 5.56 Å². The molecule has 2 aromatic heterocycles. The minimum absolute atomic E-state index is 0.0503. The molecule has 118 valence electrons. The van der Waals surface area contributed by atoms with Crippen molar-refractivity contribution in [3.8, 4) is 11.3 Å². The van der Waals surface area contributed by atoms with Crippen LogP contribution in [0.4, 0.5) is 4.39 Å². The van der Waals surface area contributed by atoms with E-state index in [-0.39, 0.29) is 11.6 Å². The lowest BCUT2D eigenvalue weighted by Crippen LogP contribution is -2.18. The number of alkyl halides is 1. The number of fused-ring (bicyclic) bond motifs is 3. The molecule has 0 spiro atoms. The van der Waals surface area contributed by atoms with Gasteiger partial charge >= 0.3 is 0 Å². The lowest BCUT2D eigenvalue weighted by atomic mass is 10.2. The van der Waals surface area contributed by atoms with Crippen LogP contribution in [0.1, 0.15) is 5.82 Å². The van der Waals surface area contributed by atoms with Gasteiger partial charge in [-0.05, 0) is 12.1 Å². The van der Waals surface area contributed by atoms with E-state index >= 15 is 0 Å². The number of hydrogen-bond donors (Lipinski definition) is 0. The Morgan fingerprint density at radius 2 is 1.88 bits per heavy atom. The van der Waals surface area contributed by atoms with Crippen molar-refractivity contribution < 1.29 is 4.39 Å². The van der Waals surface area contributed by atoms with Crippen LogP contribution in [0.2, 0.25) is 0 Å². The molecule has 0 aliphatic heterocycles. The Hall–Kier alpha value is -2.86. The molecule has 0 amide bonds. The molecule has 0 aliphatic rings. The van der Waals surface area contributed by atoms with Gasteiger partial charge in [-0.2, -0.15) is 14.6 Å². The van der Waals surface area contributed by atoms with Crippen LogP contribution in [-0.2, 0) is 5.88 Å². The summed E-state index contributed by atoms with van der Waals surface area (Å²) in [5.74, 6) is 0.0138. The van der Waals surface area contributed by atoms with Gasteiger partial charge in [0.05, 0.1) is 11.4 Å². The summed E-state index contributed by atoms with van der Waals surface area (Å²) in [6.07, 6.45) is 0. The van der Waals surface area contributed by atoms with Gasteiger partial charge in [-0.1, -0.05) is 30.3 Å². The first kappa shape index (κ1) is 14.7. The Labute approximate surface area is 140 Å². The number of rotatable bonds is 2. The van der Waals surface area contributed by atoms with Gasteiger partial charge in [0.2, 0.25) is 0 Å². The van der Waals surface area contributed by atoms with Crippen LogP contribution in [0, 0.1) is 5.82 Å². The number of halogens is 2. The summed E-state index contributed by atoms with van der Waals surface area (Å²) < 4.78 is 14.9. The average Bonchev–Trinajstić information content (AvgIpc) is 2.61. The molecule has 24 heavy (non-hydrogen) atoms. The molecule has 0 N–H and O–H groups in total. The lowest BCUT2D eigenvalue weighted by molar-refractivity contribution is 0.629. The largest absolute Gasteiger partial charge is 0.300 e. The Balaban J connectivity index is 2.12. The fourth-order valence-corrected chi connectivity index (χ4v) is 2.75. The molecule has 2 aromatic carbocycles. The zero-order valence-electron chi connectivity index (χ0n) is 12.3. The molecular formula is C17H10ClFN4O. The molecule has 0 radical (unpaired) electrons. The summed E-state index contributed by atoms with van der Waals surface area (Å²) in [4.78, 5) is 20.9. The molecule has 4 rings (SSSR count). The molecule has 0 saturated heterocycles. The highest BCUT2D eigenvalue weighted by molar-refractivity contribution is 6.16. The first-order valence-corrected chi connectivity index (χ1v) is 7.71. The van der Waals surface area contributed by atoms with Crippen LogP contribution in [-0.4, -0.2) is 19.6 Å². The third-order valence-corrected chi connectivity index (χ3v) is 3.91. The highest BCUT2D eigenvalue weighted by atomic mass is 35.5. The van der Waals surface area contributed by atoms with E-state index in [4.69, 9.17) is 11.6 Å². The minimum atomic E-state index is -0.460. The number of benzene rings is 2. The van der Waals surface area contributed by atoms with E-state index < -0.39 is 11.4 Å². The SMILES string of the molecule is O=c1nc2c3ccc(F)cc3nc(CCl)n2nc1-c1ccccc1. The smallest absolute Gasteiger partial charge is 0.265 e. The maximum Gasteiger partial charge on any atom is 0.300 e. The van der Waals surface area contributed by atoms with Crippen LogP contribution in [0.5, 0.6) is 0 Å². The highest BCUT2D eigenvalue weighted by Gasteiger charge is 2.14. The van der Waals surface area contributed by atoms with Crippen molar-refractivity contribution in [3.63, 3.8) is 0 Å². The quantitative estimate of drug-likeness (QED) is 0.415. The number of hydrogen-bond acceptors (Lipinski definition) is 4. The van der Waals surface area contributed by atoms with Gasteiger partial charge in [0, 0.05) is 17.0 Å².